The van der Waals surface area contributed by atoms with Gasteiger partial charge in [-0.3, -0.25) is 4.79 Å². The molecule has 0 heterocycles. The monoisotopic (exact) mass is 306 g/mol. The van der Waals surface area contributed by atoms with Crippen LogP contribution in [0.5, 0.6) is 0 Å². The quantitative estimate of drug-likeness (QED) is 0.630. The molecular weight excluding hydrogens is 284 g/mol. The molecule has 0 aliphatic rings. The molecule has 0 aliphatic carbocycles. The predicted octanol–water partition coefficient (Wildman–Crippen LogP) is 5.53. The van der Waals surface area contributed by atoms with Crippen LogP contribution in [0.1, 0.15) is 38.7 Å². The number of carbonyl (C=O) groups is 1. The third kappa shape index (κ3) is 3.37. The van der Waals surface area contributed by atoms with Crippen LogP contribution < -0.4 is 0 Å². The van der Waals surface area contributed by atoms with E-state index in [1.165, 1.54) is 27.1 Å². The summed E-state index contributed by atoms with van der Waals surface area (Å²) in [7, 11) is 0. The Labute approximate surface area is 136 Å². The molecule has 0 unspecified atom stereocenters. The lowest BCUT2D eigenvalue weighted by Crippen LogP contribution is -2.17. The van der Waals surface area contributed by atoms with Crippen molar-refractivity contribution in [3.05, 3.63) is 60.2 Å². The maximum absolute atomic E-state index is 10.7. The van der Waals surface area contributed by atoms with Gasteiger partial charge in [0.15, 0.2) is 0 Å². The molecule has 0 amide bonds. The Morgan fingerprint density at radius 3 is 2.17 bits per heavy atom. The van der Waals surface area contributed by atoms with Gasteiger partial charge in [-0.25, -0.2) is 0 Å². The van der Waals surface area contributed by atoms with E-state index in [1.54, 1.807) is 0 Å². The molecular formula is C21H22O2. The first-order chi connectivity index (χ1) is 11.0. The Morgan fingerprint density at radius 2 is 1.52 bits per heavy atom. The zero-order valence-electron chi connectivity index (χ0n) is 13.7. The molecule has 118 valence electrons. The molecule has 2 heteroatoms. The second-order valence-electron chi connectivity index (χ2n) is 6.89. The van der Waals surface area contributed by atoms with Gasteiger partial charge in [0.1, 0.15) is 0 Å². The fourth-order valence-corrected chi connectivity index (χ4v) is 3.19. The van der Waals surface area contributed by atoms with Crippen LogP contribution >= 0.6 is 0 Å². The van der Waals surface area contributed by atoms with Gasteiger partial charge in [0.05, 0.1) is 0 Å². The predicted molar refractivity (Wildman–Crippen MR) is 96.0 cm³/mol. The van der Waals surface area contributed by atoms with Gasteiger partial charge in [-0.1, -0.05) is 56.3 Å². The van der Waals surface area contributed by atoms with E-state index in [9.17, 15) is 4.79 Å². The molecule has 0 bridgehead atoms. The summed E-state index contributed by atoms with van der Waals surface area (Å²) in [6.07, 6.45) is 1.82. The molecule has 0 fully saturated rings. The first-order valence-corrected chi connectivity index (χ1v) is 8.10. The van der Waals surface area contributed by atoms with E-state index in [4.69, 9.17) is 5.11 Å². The average molecular weight is 306 g/mol. The van der Waals surface area contributed by atoms with Crippen LogP contribution in [0, 0.1) is 0 Å². The lowest BCUT2D eigenvalue weighted by atomic mass is 9.79. The Balaban J connectivity index is 1.95. The van der Waals surface area contributed by atoms with Gasteiger partial charge in [-0.2, -0.15) is 0 Å². The van der Waals surface area contributed by atoms with E-state index in [-0.39, 0.29) is 11.8 Å². The number of benzene rings is 3. The maximum atomic E-state index is 10.7. The SMILES string of the molecule is CC(C)(CCCC(=O)O)c1ccc2cc3ccccc3cc2c1. The van der Waals surface area contributed by atoms with Crippen LogP contribution in [-0.4, -0.2) is 11.1 Å². The molecule has 0 aliphatic heterocycles. The van der Waals surface area contributed by atoms with Crippen molar-refractivity contribution in [1.82, 2.24) is 0 Å². The smallest absolute Gasteiger partial charge is 0.303 e. The summed E-state index contributed by atoms with van der Waals surface area (Å²) in [5.41, 5.74) is 1.25. The zero-order chi connectivity index (χ0) is 16.4. The summed E-state index contributed by atoms with van der Waals surface area (Å²) in [6, 6.07) is 19.5. The molecule has 3 rings (SSSR count). The number of hydrogen-bond donors (Lipinski definition) is 1. The fraction of sp³-hybridized carbons (Fsp3) is 0.286. The minimum atomic E-state index is -0.717. The van der Waals surface area contributed by atoms with E-state index in [0.29, 0.717) is 6.42 Å². The highest BCUT2D eigenvalue weighted by molar-refractivity contribution is 5.98. The van der Waals surface area contributed by atoms with Gasteiger partial charge in [-0.05, 0) is 57.5 Å². The van der Waals surface area contributed by atoms with Crippen molar-refractivity contribution in [2.75, 3.05) is 0 Å². The van der Waals surface area contributed by atoms with Gasteiger partial charge in [0.25, 0.3) is 0 Å². The lowest BCUT2D eigenvalue weighted by molar-refractivity contribution is -0.137. The van der Waals surface area contributed by atoms with Crippen LogP contribution in [-0.2, 0) is 10.2 Å². The van der Waals surface area contributed by atoms with E-state index in [0.717, 1.165) is 6.42 Å². The standard InChI is InChI=1S/C21H22O2/c1-21(2,11-5-8-20(22)23)19-10-9-17-12-15-6-3-4-7-16(15)13-18(17)14-19/h3-4,6-7,9-10,12-14H,5,8,11H2,1-2H3,(H,22,23). The summed E-state index contributed by atoms with van der Waals surface area (Å²) in [4.78, 5) is 10.7. The van der Waals surface area contributed by atoms with Crippen molar-refractivity contribution in [3.8, 4) is 0 Å². The average Bonchev–Trinajstić information content (AvgIpc) is 2.51. The molecule has 23 heavy (non-hydrogen) atoms. The largest absolute Gasteiger partial charge is 0.481 e. The van der Waals surface area contributed by atoms with E-state index < -0.39 is 5.97 Å². The maximum Gasteiger partial charge on any atom is 0.303 e. The van der Waals surface area contributed by atoms with Crippen molar-refractivity contribution < 1.29 is 9.90 Å². The van der Waals surface area contributed by atoms with Crippen molar-refractivity contribution in [2.24, 2.45) is 0 Å². The molecule has 0 spiro atoms. The molecule has 0 saturated carbocycles. The summed E-state index contributed by atoms with van der Waals surface area (Å²) in [5, 5.41) is 13.8. The summed E-state index contributed by atoms with van der Waals surface area (Å²) in [6.45, 7) is 4.38. The van der Waals surface area contributed by atoms with Crippen LogP contribution in [0.2, 0.25) is 0 Å². The number of carboxylic acids is 1. The molecule has 0 radical (unpaired) electrons. The van der Waals surface area contributed by atoms with Gasteiger partial charge in [0.2, 0.25) is 0 Å². The molecule has 1 N–H and O–H groups in total. The fourth-order valence-electron chi connectivity index (χ4n) is 3.19. The molecule has 0 aromatic heterocycles. The second-order valence-corrected chi connectivity index (χ2v) is 6.89. The van der Waals surface area contributed by atoms with E-state index in [2.05, 4.69) is 68.4 Å². The van der Waals surface area contributed by atoms with Crippen LogP contribution in [0.4, 0.5) is 0 Å². The van der Waals surface area contributed by atoms with Gasteiger partial charge in [0, 0.05) is 6.42 Å². The summed E-state index contributed by atoms with van der Waals surface area (Å²) in [5.74, 6) is -0.717. The van der Waals surface area contributed by atoms with Crippen LogP contribution in [0.3, 0.4) is 0 Å². The van der Waals surface area contributed by atoms with Gasteiger partial charge in [-0.15, -0.1) is 0 Å². The molecule has 0 saturated heterocycles. The van der Waals surface area contributed by atoms with Crippen molar-refractivity contribution >= 4 is 27.5 Å². The zero-order valence-corrected chi connectivity index (χ0v) is 13.7. The van der Waals surface area contributed by atoms with Crippen LogP contribution in [0.15, 0.2) is 54.6 Å². The third-order valence-electron chi connectivity index (χ3n) is 4.68. The minimum absolute atomic E-state index is 0.0186. The minimum Gasteiger partial charge on any atom is -0.481 e. The highest BCUT2D eigenvalue weighted by atomic mass is 16.4. The topological polar surface area (TPSA) is 37.3 Å². The van der Waals surface area contributed by atoms with Gasteiger partial charge >= 0.3 is 5.97 Å². The highest BCUT2D eigenvalue weighted by Gasteiger charge is 2.21. The number of hydrogen-bond acceptors (Lipinski definition) is 1. The Hall–Kier alpha value is -2.35. The molecule has 3 aromatic carbocycles. The molecule has 2 nitrogen and oxygen atoms in total. The normalized spacial score (nSPS) is 11.9. The first-order valence-electron chi connectivity index (χ1n) is 8.10. The van der Waals surface area contributed by atoms with Gasteiger partial charge < -0.3 is 5.11 Å². The number of aliphatic carboxylic acids is 1. The number of rotatable bonds is 5. The highest BCUT2D eigenvalue weighted by Crippen LogP contribution is 2.32. The Bertz CT molecular complexity index is 862. The Kier molecular flexibility index (Phi) is 4.08. The lowest BCUT2D eigenvalue weighted by Gasteiger charge is -2.25. The van der Waals surface area contributed by atoms with Crippen molar-refractivity contribution in [3.63, 3.8) is 0 Å². The van der Waals surface area contributed by atoms with Crippen LogP contribution in [0.25, 0.3) is 21.5 Å². The molecule has 0 atom stereocenters. The van der Waals surface area contributed by atoms with E-state index >= 15 is 0 Å². The number of carboxylic acid groups (broad SMARTS) is 1. The van der Waals surface area contributed by atoms with E-state index in [1.807, 2.05) is 0 Å². The van der Waals surface area contributed by atoms with Crippen molar-refractivity contribution in [2.45, 2.75) is 38.5 Å². The molecule has 3 aromatic rings. The second kappa shape index (κ2) is 6.04. The first kappa shape index (κ1) is 15.5. The summed E-state index contributed by atoms with van der Waals surface area (Å²) < 4.78 is 0. The summed E-state index contributed by atoms with van der Waals surface area (Å²) >= 11 is 0. The third-order valence-corrected chi connectivity index (χ3v) is 4.68. The van der Waals surface area contributed by atoms with Crippen molar-refractivity contribution in [1.29, 1.82) is 0 Å². The number of fused-ring (bicyclic) bond motifs is 2. The Morgan fingerprint density at radius 1 is 0.913 bits per heavy atom.